The van der Waals surface area contributed by atoms with Gasteiger partial charge >= 0.3 is 0 Å². The summed E-state index contributed by atoms with van der Waals surface area (Å²) < 4.78 is 24.9. The molecule has 0 aromatic heterocycles. The molecule has 238 valence electrons. The quantitative estimate of drug-likeness (QED) is 0.141. The molecule has 1 aliphatic carbocycles. The lowest BCUT2D eigenvalue weighted by Crippen LogP contribution is -2.31. The summed E-state index contributed by atoms with van der Waals surface area (Å²) >= 11 is 0. The zero-order valence-corrected chi connectivity index (χ0v) is 26.4. The third kappa shape index (κ3) is 5.53. The molecule has 4 N–H and O–H groups in total. The van der Waals surface area contributed by atoms with E-state index in [1.165, 1.54) is 0 Å². The number of aryl methyl sites for hydroxylation is 2. The molecule has 5 rings (SSSR count). The summed E-state index contributed by atoms with van der Waals surface area (Å²) in [7, 11) is 0. The first kappa shape index (κ1) is 32.3. The Morgan fingerprint density at radius 3 is 1.16 bits per heavy atom. The maximum Gasteiger partial charge on any atom is 0.130 e. The first-order valence-corrected chi connectivity index (χ1v) is 15.3. The standard InChI is InChI=1S/C37H42O8/c1-23-21-31(35(44-19-15-40)25(3)33(23)42-17-13-38)37(29-11-7-5-9-27(29)28-10-6-8-12-30(28)37)32-22-24(2)34(43-18-14-39)26(4)36(32)45-20-16-41/h5-12,21-22,38-41H,13-20H2,1-4H3. The predicted molar refractivity (Wildman–Crippen MR) is 173 cm³/mol. The number of aliphatic hydroxyl groups excluding tert-OH is 4. The fourth-order valence-corrected chi connectivity index (χ4v) is 6.82. The smallest absolute Gasteiger partial charge is 0.130 e. The Labute approximate surface area is 264 Å². The van der Waals surface area contributed by atoms with Gasteiger partial charge in [0.05, 0.1) is 31.8 Å². The molecule has 0 amide bonds. The Bertz CT molecular complexity index is 1540. The third-order valence-corrected chi connectivity index (χ3v) is 8.40. The van der Waals surface area contributed by atoms with Crippen LogP contribution >= 0.6 is 0 Å². The third-order valence-electron chi connectivity index (χ3n) is 8.40. The van der Waals surface area contributed by atoms with Crippen LogP contribution in [0.3, 0.4) is 0 Å². The summed E-state index contributed by atoms with van der Waals surface area (Å²) in [5, 5.41) is 38.9. The van der Waals surface area contributed by atoms with E-state index in [4.69, 9.17) is 18.9 Å². The van der Waals surface area contributed by atoms with Crippen molar-refractivity contribution in [3.8, 4) is 34.1 Å². The van der Waals surface area contributed by atoms with E-state index in [0.717, 1.165) is 55.6 Å². The summed E-state index contributed by atoms with van der Waals surface area (Å²) in [6, 6.07) is 20.8. The molecule has 8 heteroatoms. The molecule has 0 bridgehead atoms. The molecule has 0 heterocycles. The van der Waals surface area contributed by atoms with Crippen LogP contribution in [0.25, 0.3) is 11.1 Å². The number of rotatable bonds is 14. The summed E-state index contributed by atoms with van der Waals surface area (Å²) in [6.07, 6.45) is 0. The Kier molecular flexibility index (Phi) is 9.99. The van der Waals surface area contributed by atoms with Crippen molar-refractivity contribution in [1.29, 1.82) is 0 Å². The van der Waals surface area contributed by atoms with Crippen molar-refractivity contribution in [3.63, 3.8) is 0 Å². The molecule has 8 nitrogen and oxygen atoms in total. The van der Waals surface area contributed by atoms with Crippen LogP contribution in [0, 0.1) is 27.7 Å². The fraction of sp³-hybridized carbons (Fsp3) is 0.351. The van der Waals surface area contributed by atoms with Crippen molar-refractivity contribution in [1.82, 2.24) is 0 Å². The van der Waals surface area contributed by atoms with Gasteiger partial charge in [0, 0.05) is 22.3 Å². The molecule has 0 radical (unpaired) electrons. The number of hydrogen-bond donors (Lipinski definition) is 4. The largest absolute Gasteiger partial charge is 0.491 e. The Morgan fingerprint density at radius 1 is 0.467 bits per heavy atom. The molecule has 0 atom stereocenters. The zero-order chi connectivity index (χ0) is 32.1. The van der Waals surface area contributed by atoms with Crippen LogP contribution in [0.2, 0.25) is 0 Å². The van der Waals surface area contributed by atoms with Gasteiger partial charge in [-0.15, -0.1) is 0 Å². The van der Waals surface area contributed by atoms with Gasteiger partial charge in [0.15, 0.2) is 0 Å². The SMILES string of the molecule is Cc1cc(C2(c3cc(C)c(OCCO)c(C)c3OCCO)c3ccccc3-c3ccccc32)c(OCCO)c(C)c1OCCO. The molecule has 0 unspecified atom stereocenters. The van der Waals surface area contributed by atoms with Gasteiger partial charge < -0.3 is 39.4 Å². The van der Waals surface area contributed by atoms with Crippen molar-refractivity contribution in [3.05, 3.63) is 105 Å². The van der Waals surface area contributed by atoms with E-state index in [0.29, 0.717) is 23.0 Å². The first-order valence-electron chi connectivity index (χ1n) is 15.3. The van der Waals surface area contributed by atoms with Gasteiger partial charge in [0.1, 0.15) is 49.4 Å². The van der Waals surface area contributed by atoms with Crippen molar-refractivity contribution in [2.75, 3.05) is 52.9 Å². The van der Waals surface area contributed by atoms with Gasteiger partial charge in [-0.3, -0.25) is 0 Å². The topological polar surface area (TPSA) is 118 Å². The highest BCUT2D eigenvalue weighted by molar-refractivity contribution is 5.88. The Morgan fingerprint density at radius 2 is 0.800 bits per heavy atom. The van der Waals surface area contributed by atoms with Crippen LogP contribution < -0.4 is 18.9 Å². The number of benzene rings is 4. The average Bonchev–Trinajstić information content (AvgIpc) is 3.34. The lowest BCUT2D eigenvalue weighted by Gasteiger charge is -2.38. The molecule has 1 aliphatic rings. The molecule has 0 fully saturated rings. The molecule has 45 heavy (non-hydrogen) atoms. The zero-order valence-electron chi connectivity index (χ0n) is 26.4. The summed E-state index contributed by atoms with van der Waals surface area (Å²) in [6.45, 7) is 7.58. The van der Waals surface area contributed by atoms with Crippen LogP contribution in [0.15, 0.2) is 60.7 Å². The number of aliphatic hydroxyl groups is 4. The van der Waals surface area contributed by atoms with E-state index in [-0.39, 0.29) is 52.9 Å². The van der Waals surface area contributed by atoms with Gasteiger partial charge in [-0.2, -0.15) is 0 Å². The summed E-state index contributed by atoms with van der Waals surface area (Å²) in [4.78, 5) is 0. The van der Waals surface area contributed by atoms with Gasteiger partial charge in [0.25, 0.3) is 0 Å². The van der Waals surface area contributed by atoms with E-state index in [9.17, 15) is 20.4 Å². The molecular formula is C37H42O8. The van der Waals surface area contributed by atoms with Gasteiger partial charge in [-0.1, -0.05) is 48.5 Å². The maximum absolute atomic E-state index is 9.89. The molecule has 4 aromatic rings. The highest BCUT2D eigenvalue weighted by atomic mass is 16.5. The lowest BCUT2D eigenvalue weighted by molar-refractivity contribution is 0.190. The van der Waals surface area contributed by atoms with Crippen molar-refractivity contribution in [2.45, 2.75) is 33.1 Å². The minimum absolute atomic E-state index is 0.0651. The summed E-state index contributed by atoms with van der Waals surface area (Å²) in [5.74, 6) is 2.37. The van der Waals surface area contributed by atoms with Crippen LogP contribution in [0.5, 0.6) is 23.0 Å². The highest BCUT2D eigenvalue weighted by Crippen LogP contribution is 2.61. The molecular weight excluding hydrogens is 572 g/mol. The predicted octanol–water partition coefficient (Wildman–Crippen LogP) is 4.77. The second-order valence-electron chi connectivity index (χ2n) is 11.2. The average molecular weight is 615 g/mol. The van der Waals surface area contributed by atoms with E-state index in [2.05, 4.69) is 36.4 Å². The molecule has 4 aromatic carbocycles. The second kappa shape index (κ2) is 13.9. The number of ether oxygens (including phenoxy) is 4. The van der Waals surface area contributed by atoms with E-state index >= 15 is 0 Å². The van der Waals surface area contributed by atoms with Crippen LogP contribution in [0.4, 0.5) is 0 Å². The van der Waals surface area contributed by atoms with Crippen LogP contribution in [-0.2, 0) is 5.41 Å². The Hall–Kier alpha value is -4.08. The van der Waals surface area contributed by atoms with E-state index in [1.54, 1.807) is 0 Å². The molecule has 0 saturated carbocycles. The van der Waals surface area contributed by atoms with E-state index in [1.807, 2.05) is 52.0 Å². The number of fused-ring (bicyclic) bond motifs is 3. The second-order valence-corrected chi connectivity index (χ2v) is 11.2. The summed E-state index contributed by atoms with van der Waals surface area (Å²) in [5.41, 5.74) is 8.16. The normalized spacial score (nSPS) is 12.9. The fourth-order valence-electron chi connectivity index (χ4n) is 6.82. The highest BCUT2D eigenvalue weighted by Gasteiger charge is 2.50. The Balaban J connectivity index is 1.98. The van der Waals surface area contributed by atoms with Gasteiger partial charge in [-0.25, -0.2) is 0 Å². The van der Waals surface area contributed by atoms with Gasteiger partial charge in [0.2, 0.25) is 0 Å². The number of hydrogen-bond acceptors (Lipinski definition) is 8. The minimum atomic E-state index is -0.960. The first-order chi connectivity index (χ1) is 21.9. The van der Waals surface area contributed by atoms with Gasteiger partial charge in [-0.05, 0) is 73.2 Å². The molecule has 0 aliphatic heterocycles. The maximum atomic E-state index is 9.89. The van der Waals surface area contributed by atoms with Crippen LogP contribution in [0.1, 0.15) is 44.5 Å². The van der Waals surface area contributed by atoms with Crippen LogP contribution in [-0.4, -0.2) is 73.3 Å². The van der Waals surface area contributed by atoms with Crippen molar-refractivity contribution < 1.29 is 39.4 Å². The molecule has 0 spiro atoms. The van der Waals surface area contributed by atoms with E-state index < -0.39 is 5.41 Å². The molecule has 0 saturated heterocycles. The van der Waals surface area contributed by atoms with Crippen molar-refractivity contribution >= 4 is 0 Å². The monoisotopic (exact) mass is 614 g/mol. The lowest BCUT2D eigenvalue weighted by atomic mass is 9.65. The minimum Gasteiger partial charge on any atom is -0.491 e. The van der Waals surface area contributed by atoms with Crippen molar-refractivity contribution in [2.24, 2.45) is 0 Å².